The van der Waals surface area contributed by atoms with E-state index in [9.17, 15) is 18.0 Å². The Hall–Kier alpha value is -2.87. The van der Waals surface area contributed by atoms with Crippen molar-refractivity contribution < 1.29 is 18.0 Å². The predicted molar refractivity (Wildman–Crippen MR) is 98.4 cm³/mol. The molecule has 2 N–H and O–H groups in total. The second-order valence-electron chi connectivity index (χ2n) is 5.97. The van der Waals surface area contributed by atoms with Gasteiger partial charge in [0.25, 0.3) is 10.0 Å². The van der Waals surface area contributed by atoms with Gasteiger partial charge in [-0.15, -0.1) is 0 Å². The number of para-hydroxylation sites is 1. The second-order valence-corrected chi connectivity index (χ2v) is 7.78. The van der Waals surface area contributed by atoms with Crippen LogP contribution in [0.15, 0.2) is 53.4 Å². The van der Waals surface area contributed by atoms with Gasteiger partial charge in [-0.2, -0.15) is 0 Å². The van der Waals surface area contributed by atoms with Gasteiger partial charge in [0.15, 0.2) is 0 Å². The molecule has 0 aliphatic carbocycles. The fourth-order valence-corrected chi connectivity index (χ4v) is 4.70. The van der Waals surface area contributed by atoms with Gasteiger partial charge in [0.2, 0.25) is 11.8 Å². The van der Waals surface area contributed by atoms with Gasteiger partial charge in [-0.25, -0.2) is 8.42 Å². The third-order valence-electron chi connectivity index (χ3n) is 4.21. The number of sulfonamides is 1. The van der Waals surface area contributed by atoms with Crippen LogP contribution in [0.2, 0.25) is 0 Å². The van der Waals surface area contributed by atoms with Crippen LogP contribution in [-0.4, -0.2) is 33.3 Å². The highest BCUT2D eigenvalue weighted by Gasteiger charge is 2.41. The van der Waals surface area contributed by atoms with Crippen molar-refractivity contribution in [3.05, 3.63) is 54.1 Å². The third-order valence-corrected chi connectivity index (χ3v) is 6.04. The van der Waals surface area contributed by atoms with E-state index in [2.05, 4.69) is 10.6 Å². The van der Waals surface area contributed by atoms with Gasteiger partial charge in [0, 0.05) is 26.1 Å². The van der Waals surface area contributed by atoms with Gasteiger partial charge in [-0.3, -0.25) is 13.9 Å². The number of nitrogens with one attached hydrogen (secondary N) is 2. The van der Waals surface area contributed by atoms with E-state index in [-0.39, 0.29) is 16.7 Å². The van der Waals surface area contributed by atoms with Crippen molar-refractivity contribution in [1.29, 1.82) is 0 Å². The van der Waals surface area contributed by atoms with Gasteiger partial charge in [-0.1, -0.05) is 18.2 Å². The Morgan fingerprint density at radius 1 is 1.08 bits per heavy atom. The van der Waals surface area contributed by atoms with E-state index >= 15 is 0 Å². The summed E-state index contributed by atoms with van der Waals surface area (Å²) in [4.78, 5) is 23.4. The van der Waals surface area contributed by atoms with Crippen LogP contribution >= 0.6 is 0 Å². The molecule has 7 nitrogen and oxygen atoms in total. The van der Waals surface area contributed by atoms with Crippen LogP contribution in [0.1, 0.15) is 12.5 Å². The summed E-state index contributed by atoms with van der Waals surface area (Å²) >= 11 is 0. The number of likely N-dealkylation sites (N-methyl/N-ethyl adjacent to an activating group) is 1. The van der Waals surface area contributed by atoms with Gasteiger partial charge in [0.05, 0.1) is 10.6 Å². The van der Waals surface area contributed by atoms with Crippen LogP contribution in [0.4, 0.5) is 11.4 Å². The molecule has 2 aromatic rings. The van der Waals surface area contributed by atoms with Gasteiger partial charge >= 0.3 is 0 Å². The Balaban J connectivity index is 2.03. The summed E-state index contributed by atoms with van der Waals surface area (Å²) in [6.07, 6.45) is 0.319. The van der Waals surface area contributed by atoms with Crippen LogP contribution in [0.3, 0.4) is 0 Å². The zero-order chi connectivity index (χ0) is 18.9. The molecule has 1 heterocycles. The number of fused-ring (bicyclic) bond motifs is 1. The first kappa shape index (κ1) is 17.9. The standard InChI is InChI=1S/C18H19N3O4S/c1-12(22)20-14-7-9-15(10-8-14)26(24,25)21-16-6-4-3-5-13(16)11-17(21)18(23)19-2/h3-10,17H,11H2,1-2H3,(H,19,23)(H,20,22). The van der Waals surface area contributed by atoms with Crippen LogP contribution in [0, 0.1) is 0 Å². The van der Waals surface area contributed by atoms with Crippen molar-refractivity contribution in [2.75, 3.05) is 16.7 Å². The molecule has 1 unspecified atom stereocenters. The maximum Gasteiger partial charge on any atom is 0.265 e. The molecule has 0 fully saturated rings. The minimum absolute atomic E-state index is 0.0530. The highest BCUT2D eigenvalue weighted by molar-refractivity contribution is 7.93. The molecule has 0 spiro atoms. The molecular formula is C18H19N3O4S. The lowest BCUT2D eigenvalue weighted by Crippen LogP contribution is -2.47. The van der Waals surface area contributed by atoms with Gasteiger partial charge in [0.1, 0.15) is 6.04 Å². The maximum absolute atomic E-state index is 13.2. The number of benzene rings is 2. The molecule has 0 saturated heterocycles. The molecule has 1 aliphatic heterocycles. The molecule has 2 amide bonds. The number of hydrogen-bond donors (Lipinski definition) is 2. The minimum atomic E-state index is -3.94. The van der Waals surface area contributed by atoms with Crippen molar-refractivity contribution in [2.45, 2.75) is 24.3 Å². The van der Waals surface area contributed by atoms with E-state index in [1.165, 1.54) is 42.5 Å². The van der Waals surface area contributed by atoms with Crippen molar-refractivity contribution in [2.24, 2.45) is 0 Å². The Morgan fingerprint density at radius 3 is 2.35 bits per heavy atom. The number of nitrogens with zero attached hydrogens (tertiary/aromatic N) is 1. The Labute approximate surface area is 152 Å². The first-order valence-electron chi connectivity index (χ1n) is 8.06. The Morgan fingerprint density at radius 2 is 1.73 bits per heavy atom. The lowest BCUT2D eigenvalue weighted by atomic mass is 10.1. The zero-order valence-electron chi connectivity index (χ0n) is 14.4. The van der Waals surface area contributed by atoms with Crippen LogP contribution in [0.25, 0.3) is 0 Å². The minimum Gasteiger partial charge on any atom is -0.357 e. The highest BCUT2D eigenvalue weighted by Crippen LogP contribution is 2.36. The summed E-state index contributed by atoms with van der Waals surface area (Å²) in [5.41, 5.74) is 1.81. The fraction of sp³-hybridized carbons (Fsp3) is 0.222. The largest absolute Gasteiger partial charge is 0.357 e. The molecule has 26 heavy (non-hydrogen) atoms. The monoisotopic (exact) mass is 373 g/mol. The molecule has 1 atom stereocenters. The molecule has 0 aromatic heterocycles. The number of carbonyl (C=O) groups excluding carboxylic acids is 2. The summed E-state index contributed by atoms with van der Waals surface area (Å²) in [6, 6.07) is 12.1. The third kappa shape index (κ3) is 3.15. The van der Waals surface area contributed by atoms with Crippen molar-refractivity contribution in [1.82, 2.24) is 5.32 Å². The number of anilines is 2. The van der Waals surface area contributed by atoms with Crippen LogP contribution in [-0.2, 0) is 26.0 Å². The van der Waals surface area contributed by atoms with E-state index < -0.39 is 16.1 Å². The smallest absolute Gasteiger partial charge is 0.265 e. The summed E-state index contributed by atoms with van der Waals surface area (Å²) in [7, 11) is -2.46. The van der Waals surface area contributed by atoms with E-state index in [4.69, 9.17) is 0 Å². The van der Waals surface area contributed by atoms with E-state index in [0.717, 1.165) is 5.56 Å². The highest BCUT2D eigenvalue weighted by atomic mass is 32.2. The van der Waals surface area contributed by atoms with E-state index in [1.807, 2.05) is 12.1 Å². The fourth-order valence-electron chi connectivity index (χ4n) is 3.05. The van der Waals surface area contributed by atoms with Crippen LogP contribution < -0.4 is 14.9 Å². The second kappa shape index (κ2) is 6.80. The summed E-state index contributed by atoms with van der Waals surface area (Å²) in [5, 5.41) is 5.13. The number of amides is 2. The average Bonchev–Trinajstić information content (AvgIpc) is 3.01. The SMILES string of the molecule is CNC(=O)C1Cc2ccccc2N1S(=O)(=O)c1ccc(NC(C)=O)cc1. The molecule has 0 bridgehead atoms. The van der Waals surface area contributed by atoms with Gasteiger partial charge in [-0.05, 0) is 35.9 Å². The first-order valence-corrected chi connectivity index (χ1v) is 9.50. The summed E-state index contributed by atoms with van der Waals surface area (Å²) < 4.78 is 27.6. The molecule has 0 radical (unpaired) electrons. The lowest BCUT2D eigenvalue weighted by molar-refractivity contribution is -0.121. The molecule has 1 aliphatic rings. The van der Waals surface area contributed by atoms with Crippen molar-refractivity contribution in [3.63, 3.8) is 0 Å². The molecule has 0 saturated carbocycles. The molecule has 2 aromatic carbocycles. The molecular weight excluding hydrogens is 354 g/mol. The van der Waals surface area contributed by atoms with Crippen LogP contribution in [0.5, 0.6) is 0 Å². The van der Waals surface area contributed by atoms with E-state index in [1.54, 1.807) is 12.1 Å². The van der Waals surface area contributed by atoms with Gasteiger partial charge < -0.3 is 10.6 Å². The molecule has 136 valence electrons. The summed E-state index contributed by atoms with van der Waals surface area (Å²) in [6.45, 7) is 1.37. The lowest BCUT2D eigenvalue weighted by Gasteiger charge is -2.26. The van der Waals surface area contributed by atoms with E-state index in [0.29, 0.717) is 17.8 Å². The Bertz CT molecular complexity index is 955. The average molecular weight is 373 g/mol. The zero-order valence-corrected chi connectivity index (χ0v) is 15.2. The predicted octanol–water partition coefficient (Wildman–Crippen LogP) is 1.51. The topological polar surface area (TPSA) is 95.6 Å². The maximum atomic E-state index is 13.2. The van der Waals surface area contributed by atoms with Crippen molar-refractivity contribution in [3.8, 4) is 0 Å². The molecule has 8 heteroatoms. The first-order chi connectivity index (χ1) is 12.3. The normalized spacial score (nSPS) is 16.1. The number of carbonyl (C=O) groups is 2. The summed E-state index contributed by atoms with van der Waals surface area (Å²) in [5.74, 6) is -0.603. The number of rotatable bonds is 4. The Kier molecular flexibility index (Phi) is 4.69. The number of hydrogen-bond acceptors (Lipinski definition) is 4. The molecule has 3 rings (SSSR count). The quantitative estimate of drug-likeness (QED) is 0.849. The van der Waals surface area contributed by atoms with Crippen molar-refractivity contribution >= 4 is 33.2 Å².